The van der Waals surface area contributed by atoms with Crippen LogP contribution < -0.4 is 5.43 Å². The van der Waals surface area contributed by atoms with Crippen molar-refractivity contribution in [2.24, 2.45) is 0 Å². The number of aromatic hydroxyl groups is 1. The quantitative estimate of drug-likeness (QED) is 0.921. The molecule has 0 fully saturated rings. The fourth-order valence-electron chi connectivity index (χ4n) is 3.10. The maximum absolute atomic E-state index is 13.1. The number of carbonyl (C=O) groups is 1. The van der Waals surface area contributed by atoms with Gasteiger partial charge in [-0.05, 0) is 37.5 Å². The van der Waals surface area contributed by atoms with Gasteiger partial charge in [-0.3, -0.25) is 14.3 Å². The lowest BCUT2D eigenvalue weighted by molar-refractivity contribution is 0.0560. The number of carbonyl (C=O) groups excluding carboxylic acids is 1. The van der Waals surface area contributed by atoms with Crippen molar-refractivity contribution < 1.29 is 14.3 Å². The van der Waals surface area contributed by atoms with Crippen LogP contribution in [-0.2, 0) is 6.42 Å². The molecule has 1 aromatic carbocycles. The van der Waals surface area contributed by atoms with Crippen LogP contribution in [0.3, 0.4) is 0 Å². The Morgan fingerprint density at radius 1 is 1.32 bits per heavy atom. The summed E-state index contributed by atoms with van der Waals surface area (Å²) in [4.78, 5) is 26.2. The molecule has 0 saturated heterocycles. The average molecular weight is 345 g/mol. The van der Waals surface area contributed by atoms with Gasteiger partial charge in [0.2, 0.25) is 5.43 Å². The highest BCUT2D eigenvalue weighted by Gasteiger charge is 2.36. The Kier molecular flexibility index (Phi) is 4.57. The predicted octanol–water partition coefficient (Wildman–Crippen LogP) is 2.13. The summed E-state index contributed by atoms with van der Waals surface area (Å²) >= 11 is 0. The normalized spacial score (nSPS) is 18.1. The predicted molar refractivity (Wildman–Crippen MR) is 90.1 cm³/mol. The van der Waals surface area contributed by atoms with Crippen molar-refractivity contribution in [2.75, 3.05) is 6.54 Å². The molecule has 25 heavy (non-hydrogen) atoms. The van der Waals surface area contributed by atoms with Crippen molar-refractivity contribution in [1.29, 1.82) is 0 Å². The van der Waals surface area contributed by atoms with E-state index in [2.05, 4.69) is 5.10 Å². The number of rotatable bonds is 4. The Hall–Kier alpha value is -2.70. The first-order valence-electron chi connectivity index (χ1n) is 8.28. The number of amides is 1. The minimum Gasteiger partial charge on any atom is -0.502 e. The summed E-state index contributed by atoms with van der Waals surface area (Å²) in [5.41, 5.74) is 0.132. The molecular formula is C18H20FN3O3. The summed E-state index contributed by atoms with van der Waals surface area (Å²) in [7, 11) is 0. The zero-order chi connectivity index (χ0) is 18.1. The zero-order valence-corrected chi connectivity index (χ0v) is 14.1. The Morgan fingerprint density at radius 3 is 2.64 bits per heavy atom. The van der Waals surface area contributed by atoms with Crippen LogP contribution in [0.15, 0.2) is 35.3 Å². The Morgan fingerprint density at radius 2 is 2.00 bits per heavy atom. The van der Waals surface area contributed by atoms with Crippen molar-refractivity contribution in [1.82, 2.24) is 14.7 Å². The van der Waals surface area contributed by atoms with Gasteiger partial charge in [0.25, 0.3) is 5.91 Å². The highest BCUT2D eigenvalue weighted by Crippen LogP contribution is 2.28. The fraction of sp³-hybridized carbons (Fsp3) is 0.389. The van der Waals surface area contributed by atoms with E-state index in [1.807, 2.05) is 13.8 Å². The van der Waals surface area contributed by atoms with Crippen LogP contribution in [-0.4, -0.2) is 38.3 Å². The molecule has 6 nitrogen and oxygen atoms in total. The van der Waals surface area contributed by atoms with E-state index in [0.29, 0.717) is 13.0 Å². The first kappa shape index (κ1) is 17.1. The highest BCUT2D eigenvalue weighted by molar-refractivity contribution is 5.95. The van der Waals surface area contributed by atoms with Crippen LogP contribution in [0.25, 0.3) is 0 Å². The third-order valence-electron chi connectivity index (χ3n) is 4.71. The third kappa shape index (κ3) is 3.14. The monoisotopic (exact) mass is 345 g/mol. The first-order valence-corrected chi connectivity index (χ1v) is 8.28. The van der Waals surface area contributed by atoms with E-state index in [-0.39, 0.29) is 23.6 Å². The number of hydrogen-bond donors (Lipinski definition) is 1. The molecule has 0 spiro atoms. The molecule has 0 bridgehead atoms. The number of hydrogen-bond acceptors (Lipinski definition) is 4. The molecule has 3 rings (SSSR count). The van der Waals surface area contributed by atoms with Crippen LogP contribution in [0.4, 0.5) is 4.39 Å². The van der Waals surface area contributed by atoms with Crippen LogP contribution in [0.5, 0.6) is 5.75 Å². The van der Waals surface area contributed by atoms with Gasteiger partial charge in [0.15, 0.2) is 11.4 Å². The molecule has 2 heterocycles. The van der Waals surface area contributed by atoms with Crippen molar-refractivity contribution in [3.63, 3.8) is 0 Å². The smallest absolute Gasteiger partial charge is 0.276 e. The molecular weight excluding hydrogens is 325 g/mol. The van der Waals surface area contributed by atoms with Crippen LogP contribution >= 0.6 is 0 Å². The van der Waals surface area contributed by atoms with Crippen LogP contribution in [0.1, 0.15) is 42.4 Å². The van der Waals surface area contributed by atoms with Gasteiger partial charge in [-0.25, -0.2) is 4.39 Å². The molecule has 0 saturated carbocycles. The molecule has 1 amide bonds. The number of fused-ring (bicyclic) bond motifs is 1. The maximum atomic E-state index is 13.1. The second kappa shape index (κ2) is 6.66. The van der Waals surface area contributed by atoms with E-state index >= 15 is 0 Å². The molecule has 0 radical (unpaired) electrons. The molecule has 7 heteroatoms. The Balaban J connectivity index is 2.04. The number of halogens is 1. The van der Waals surface area contributed by atoms with E-state index in [1.54, 1.807) is 17.0 Å². The SMILES string of the molecule is CCC(C)N1C[C@@H](Cc2ccc(F)cc2)n2ncc(=O)c(O)c2C1=O. The lowest BCUT2D eigenvalue weighted by Gasteiger charge is -2.38. The summed E-state index contributed by atoms with van der Waals surface area (Å²) in [5, 5.41) is 14.2. The zero-order valence-electron chi connectivity index (χ0n) is 14.1. The van der Waals surface area contributed by atoms with Crippen molar-refractivity contribution >= 4 is 5.91 Å². The second-order valence-corrected chi connectivity index (χ2v) is 6.35. The molecule has 132 valence electrons. The van der Waals surface area contributed by atoms with E-state index in [9.17, 15) is 19.1 Å². The van der Waals surface area contributed by atoms with Gasteiger partial charge < -0.3 is 10.0 Å². The number of nitrogens with zero attached hydrogens (tertiary/aromatic N) is 3. The van der Waals surface area contributed by atoms with E-state index < -0.39 is 17.1 Å². The molecule has 0 aliphatic carbocycles. The fourth-order valence-corrected chi connectivity index (χ4v) is 3.10. The summed E-state index contributed by atoms with van der Waals surface area (Å²) in [6, 6.07) is 5.84. The Labute approximate surface area is 144 Å². The molecule has 1 unspecified atom stereocenters. The lowest BCUT2D eigenvalue weighted by atomic mass is 10.0. The van der Waals surface area contributed by atoms with Gasteiger partial charge in [-0.2, -0.15) is 5.10 Å². The van der Waals surface area contributed by atoms with Gasteiger partial charge in [0, 0.05) is 12.6 Å². The highest BCUT2D eigenvalue weighted by atomic mass is 19.1. The Bertz CT molecular complexity index is 848. The van der Waals surface area contributed by atoms with Gasteiger partial charge in [-0.1, -0.05) is 19.1 Å². The van der Waals surface area contributed by atoms with Crippen LogP contribution in [0, 0.1) is 5.82 Å². The lowest BCUT2D eigenvalue weighted by Crippen LogP contribution is -2.49. The maximum Gasteiger partial charge on any atom is 0.276 e. The molecule has 1 aromatic heterocycles. The minimum absolute atomic E-state index is 0.0355. The largest absolute Gasteiger partial charge is 0.502 e. The minimum atomic E-state index is -0.675. The first-order chi connectivity index (χ1) is 11.9. The topological polar surface area (TPSA) is 75.4 Å². The standard InChI is InChI=1S/C18H20FN3O3/c1-3-11(2)21-10-14(8-12-4-6-13(19)7-5-12)22-16(18(21)25)17(24)15(23)9-20-22/h4-7,9,11,14,24H,3,8,10H2,1-2H3/t11?,14-/m1/s1. The summed E-state index contributed by atoms with van der Waals surface area (Å²) in [6.45, 7) is 4.30. The van der Waals surface area contributed by atoms with Gasteiger partial charge >= 0.3 is 0 Å². The van der Waals surface area contributed by atoms with Gasteiger partial charge in [0.05, 0.1) is 12.2 Å². The summed E-state index contributed by atoms with van der Waals surface area (Å²) < 4.78 is 14.5. The van der Waals surface area contributed by atoms with Crippen molar-refractivity contribution in [2.45, 2.75) is 38.8 Å². The average Bonchev–Trinajstić information content (AvgIpc) is 2.61. The van der Waals surface area contributed by atoms with E-state index in [4.69, 9.17) is 0 Å². The molecule has 2 atom stereocenters. The molecule has 1 aliphatic rings. The summed E-state index contributed by atoms with van der Waals surface area (Å²) in [6.07, 6.45) is 2.27. The van der Waals surface area contributed by atoms with E-state index in [1.165, 1.54) is 16.8 Å². The van der Waals surface area contributed by atoms with Gasteiger partial charge in [-0.15, -0.1) is 0 Å². The van der Waals surface area contributed by atoms with Crippen LogP contribution in [0.2, 0.25) is 0 Å². The van der Waals surface area contributed by atoms with Crippen molar-refractivity contribution in [3.05, 3.63) is 57.8 Å². The number of benzene rings is 1. The second-order valence-electron chi connectivity index (χ2n) is 6.35. The molecule has 1 aliphatic heterocycles. The van der Waals surface area contributed by atoms with Gasteiger partial charge in [0.1, 0.15) is 5.82 Å². The van der Waals surface area contributed by atoms with E-state index in [0.717, 1.165) is 18.2 Å². The molecule has 2 aromatic rings. The summed E-state index contributed by atoms with van der Waals surface area (Å²) in [5.74, 6) is -1.28. The third-order valence-corrected chi connectivity index (χ3v) is 4.71. The van der Waals surface area contributed by atoms with Crippen molar-refractivity contribution in [3.8, 4) is 5.75 Å². The number of aromatic nitrogens is 2. The molecule has 1 N–H and O–H groups in total.